The van der Waals surface area contributed by atoms with E-state index >= 15 is 0 Å². The highest BCUT2D eigenvalue weighted by Gasteiger charge is 2.23. The lowest BCUT2D eigenvalue weighted by Gasteiger charge is -2.13. The summed E-state index contributed by atoms with van der Waals surface area (Å²) in [5, 5.41) is 26.3. The van der Waals surface area contributed by atoms with Gasteiger partial charge in [-0.25, -0.2) is 4.79 Å². The molecular formula is C23H14Cl2N2O5S. The highest BCUT2D eigenvalue weighted by molar-refractivity contribution is 7.21. The van der Waals surface area contributed by atoms with E-state index in [0.29, 0.717) is 16.1 Å². The van der Waals surface area contributed by atoms with Crippen molar-refractivity contribution in [3.8, 4) is 5.75 Å². The van der Waals surface area contributed by atoms with E-state index < -0.39 is 23.5 Å². The Kier molecular flexibility index (Phi) is 6.24. The second kappa shape index (κ2) is 9.11. The van der Waals surface area contributed by atoms with Crippen molar-refractivity contribution in [2.45, 2.75) is 0 Å². The molecule has 4 N–H and O–H groups in total. The van der Waals surface area contributed by atoms with E-state index in [1.165, 1.54) is 0 Å². The summed E-state index contributed by atoms with van der Waals surface area (Å²) in [5.41, 5.74) is -0.373. The van der Waals surface area contributed by atoms with Gasteiger partial charge in [-0.15, -0.1) is 11.3 Å². The smallest absolute Gasteiger partial charge is 0.337 e. The molecule has 0 atom stereocenters. The van der Waals surface area contributed by atoms with E-state index in [4.69, 9.17) is 23.2 Å². The fourth-order valence-electron chi connectivity index (χ4n) is 3.12. The van der Waals surface area contributed by atoms with Crippen LogP contribution < -0.4 is 10.6 Å². The summed E-state index contributed by atoms with van der Waals surface area (Å²) >= 11 is 13.3. The van der Waals surface area contributed by atoms with Crippen LogP contribution in [0.3, 0.4) is 0 Å². The Morgan fingerprint density at radius 3 is 2.21 bits per heavy atom. The summed E-state index contributed by atoms with van der Waals surface area (Å²) in [7, 11) is 0. The first-order chi connectivity index (χ1) is 15.7. The Labute approximate surface area is 201 Å². The number of aromatic carboxylic acids is 1. The van der Waals surface area contributed by atoms with E-state index in [0.717, 1.165) is 28.2 Å². The number of carbonyl (C=O) groups excluding carboxylic acids is 2. The van der Waals surface area contributed by atoms with Crippen molar-refractivity contribution < 1.29 is 24.6 Å². The van der Waals surface area contributed by atoms with Gasteiger partial charge in [-0.2, -0.15) is 0 Å². The zero-order valence-corrected chi connectivity index (χ0v) is 18.9. The third kappa shape index (κ3) is 4.63. The average Bonchev–Trinajstić information content (AvgIpc) is 3.13. The number of anilines is 2. The third-order valence-corrected chi connectivity index (χ3v) is 6.63. The van der Waals surface area contributed by atoms with Gasteiger partial charge in [0.1, 0.15) is 10.6 Å². The predicted molar refractivity (Wildman–Crippen MR) is 129 cm³/mol. The zero-order chi connectivity index (χ0) is 23.7. The second-order valence-electron chi connectivity index (χ2n) is 6.88. The van der Waals surface area contributed by atoms with Crippen LogP contribution in [0.15, 0.2) is 60.7 Å². The van der Waals surface area contributed by atoms with Gasteiger partial charge in [-0.1, -0.05) is 41.4 Å². The lowest BCUT2D eigenvalue weighted by atomic mass is 10.1. The summed E-state index contributed by atoms with van der Waals surface area (Å²) in [6.07, 6.45) is 0. The molecule has 166 valence electrons. The van der Waals surface area contributed by atoms with E-state index in [2.05, 4.69) is 10.6 Å². The van der Waals surface area contributed by atoms with Crippen molar-refractivity contribution in [1.82, 2.24) is 0 Å². The summed E-state index contributed by atoms with van der Waals surface area (Å²) in [6.45, 7) is 0. The fraction of sp³-hybridized carbons (Fsp3) is 0. The first-order valence-corrected chi connectivity index (χ1v) is 11.0. The SMILES string of the molecule is O=C(Nc1ccc(Cl)cc1)c1cc(NC(=O)c2sc3ccccc3c2Cl)c(C(=O)O)cc1O. The van der Waals surface area contributed by atoms with Crippen LogP contribution in [0.1, 0.15) is 30.4 Å². The molecule has 0 aliphatic rings. The quantitative estimate of drug-likeness (QED) is 0.246. The highest BCUT2D eigenvalue weighted by Crippen LogP contribution is 2.36. The van der Waals surface area contributed by atoms with Crippen LogP contribution in [-0.2, 0) is 0 Å². The molecule has 0 spiro atoms. The number of amides is 2. The first kappa shape index (κ1) is 22.6. The molecule has 0 bridgehead atoms. The molecule has 1 heterocycles. The fourth-order valence-corrected chi connectivity index (χ4v) is 4.66. The number of benzene rings is 3. The summed E-state index contributed by atoms with van der Waals surface area (Å²) in [4.78, 5) is 37.5. The molecule has 4 rings (SSSR count). The van der Waals surface area contributed by atoms with Crippen LogP contribution in [-0.4, -0.2) is 28.0 Å². The molecule has 1 aromatic heterocycles. The molecule has 33 heavy (non-hydrogen) atoms. The van der Waals surface area contributed by atoms with Crippen molar-refractivity contribution in [1.29, 1.82) is 0 Å². The van der Waals surface area contributed by atoms with Gasteiger partial charge in [0, 0.05) is 20.8 Å². The van der Waals surface area contributed by atoms with Crippen LogP contribution >= 0.6 is 34.5 Å². The van der Waals surface area contributed by atoms with E-state index in [-0.39, 0.29) is 26.7 Å². The Morgan fingerprint density at radius 1 is 0.848 bits per heavy atom. The van der Waals surface area contributed by atoms with Gasteiger partial charge in [0.2, 0.25) is 0 Å². The number of carbonyl (C=O) groups is 3. The molecule has 0 saturated heterocycles. The second-order valence-corrected chi connectivity index (χ2v) is 8.74. The number of thiophene rings is 1. The van der Waals surface area contributed by atoms with Crippen LogP contribution in [0.25, 0.3) is 10.1 Å². The molecule has 10 heteroatoms. The van der Waals surface area contributed by atoms with Gasteiger partial charge in [-0.05, 0) is 42.5 Å². The number of nitrogens with one attached hydrogen (secondary N) is 2. The molecule has 0 unspecified atom stereocenters. The molecule has 0 fully saturated rings. The van der Waals surface area contributed by atoms with Gasteiger partial charge >= 0.3 is 5.97 Å². The molecule has 0 saturated carbocycles. The zero-order valence-electron chi connectivity index (χ0n) is 16.6. The molecule has 0 aliphatic heterocycles. The van der Waals surface area contributed by atoms with Gasteiger partial charge in [0.15, 0.2) is 0 Å². The number of rotatable bonds is 5. The maximum atomic E-state index is 12.9. The van der Waals surface area contributed by atoms with Gasteiger partial charge in [-0.3, -0.25) is 9.59 Å². The molecular weight excluding hydrogens is 487 g/mol. The molecule has 7 nitrogen and oxygen atoms in total. The lowest BCUT2D eigenvalue weighted by molar-refractivity contribution is 0.0697. The molecule has 0 aliphatic carbocycles. The maximum Gasteiger partial charge on any atom is 0.337 e. The molecule has 3 aromatic carbocycles. The van der Waals surface area contributed by atoms with E-state index in [1.807, 2.05) is 12.1 Å². The molecule has 0 radical (unpaired) electrons. The maximum absolute atomic E-state index is 12.9. The molecule has 4 aromatic rings. The minimum Gasteiger partial charge on any atom is -0.507 e. The topological polar surface area (TPSA) is 116 Å². The number of phenolic OH excluding ortho intramolecular Hbond substituents is 1. The Balaban J connectivity index is 1.68. The van der Waals surface area contributed by atoms with Crippen LogP contribution in [0, 0.1) is 0 Å². The number of fused-ring (bicyclic) bond motifs is 1. The standard InChI is InChI=1S/C23H14Cl2N2O5S/c24-11-5-7-12(8-6-11)26-21(29)15-9-16(14(23(31)32)10-17(15)28)27-22(30)20-19(25)13-3-1-2-4-18(13)33-20/h1-10,28H,(H,26,29)(H,27,30)(H,31,32). The van der Waals surface area contributed by atoms with Crippen LogP contribution in [0.2, 0.25) is 10.0 Å². The van der Waals surface area contributed by atoms with Crippen molar-refractivity contribution in [2.75, 3.05) is 10.6 Å². The van der Waals surface area contributed by atoms with Gasteiger partial charge < -0.3 is 20.8 Å². The molecule has 2 amide bonds. The number of carboxylic acid groups (broad SMARTS) is 1. The summed E-state index contributed by atoms with van der Waals surface area (Å²) in [6, 6.07) is 15.5. The van der Waals surface area contributed by atoms with Crippen molar-refractivity contribution in [3.63, 3.8) is 0 Å². The number of carboxylic acids is 1. The summed E-state index contributed by atoms with van der Waals surface area (Å²) < 4.78 is 0.792. The number of halogens is 2. The number of hydrogen-bond donors (Lipinski definition) is 4. The number of hydrogen-bond acceptors (Lipinski definition) is 5. The van der Waals surface area contributed by atoms with Gasteiger partial charge in [0.25, 0.3) is 11.8 Å². The van der Waals surface area contributed by atoms with E-state index in [9.17, 15) is 24.6 Å². The van der Waals surface area contributed by atoms with Crippen molar-refractivity contribution in [2.24, 2.45) is 0 Å². The average molecular weight is 501 g/mol. The highest BCUT2D eigenvalue weighted by atomic mass is 35.5. The Bertz CT molecular complexity index is 1420. The summed E-state index contributed by atoms with van der Waals surface area (Å²) in [5.74, 6) is -3.30. The van der Waals surface area contributed by atoms with Crippen LogP contribution in [0.4, 0.5) is 11.4 Å². The minimum absolute atomic E-state index is 0.167. The predicted octanol–water partition coefficient (Wildman–Crippen LogP) is 6.12. The Hall–Kier alpha value is -3.59. The van der Waals surface area contributed by atoms with Gasteiger partial charge in [0.05, 0.1) is 21.8 Å². The number of aromatic hydroxyl groups is 1. The van der Waals surface area contributed by atoms with Crippen LogP contribution in [0.5, 0.6) is 5.75 Å². The number of phenols is 1. The first-order valence-electron chi connectivity index (χ1n) is 9.40. The lowest BCUT2D eigenvalue weighted by Crippen LogP contribution is -2.17. The largest absolute Gasteiger partial charge is 0.507 e. The Morgan fingerprint density at radius 2 is 1.55 bits per heavy atom. The monoisotopic (exact) mass is 500 g/mol. The third-order valence-electron chi connectivity index (χ3n) is 4.70. The minimum atomic E-state index is -1.40. The van der Waals surface area contributed by atoms with E-state index in [1.54, 1.807) is 36.4 Å². The van der Waals surface area contributed by atoms with Crippen molar-refractivity contribution in [3.05, 3.63) is 86.7 Å². The van der Waals surface area contributed by atoms with Crippen molar-refractivity contribution >= 4 is 73.8 Å². The normalized spacial score (nSPS) is 10.7.